The highest BCUT2D eigenvalue weighted by Gasteiger charge is 2.08. The van der Waals surface area contributed by atoms with Crippen LogP contribution in [0.25, 0.3) is 0 Å². The molecule has 1 aromatic rings. The molecule has 1 aromatic carbocycles. The van der Waals surface area contributed by atoms with Gasteiger partial charge in [0.1, 0.15) is 18.2 Å². The fraction of sp³-hybridized carbons (Fsp3) is 0.385. The van der Waals surface area contributed by atoms with Crippen LogP contribution in [-0.2, 0) is 9.84 Å². The molecule has 4 nitrogen and oxygen atoms in total. The Balaban J connectivity index is 2.64. The highest BCUT2D eigenvalue weighted by atomic mass is 32.2. The molecule has 0 saturated carbocycles. The lowest BCUT2D eigenvalue weighted by atomic mass is 10.2. The van der Waals surface area contributed by atoms with Gasteiger partial charge in [0.05, 0.1) is 17.9 Å². The van der Waals surface area contributed by atoms with E-state index in [1.807, 2.05) is 0 Å². The maximum absolute atomic E-state index is 13.6. The summed E-state index contributed by atoms with van der Waals surface area (Å²) in [6.45, 7) is 1.73. The van der Waals surface area contributed by atoms with E-state index in [1.54, 1.807) is 13.0 Å². The number of benzene rings is 1. The number of rotatable bonds is 5. The van der Waals surface area contributed by atoms with Crippen molar-refractivity contribution in [2.75, 3.05) is 24.7 Å². The minimum absolute atomic E-state index is 0.00341. The monoisotopic (exact) mass is 285 g/mol. The van der Waals surface area contributed by atoms with Crippen molar-refractivity contribution < 1.29 is 17.5 Å². The summed E-state index contributed by atoms with van der Waals surface area (Å²) in [6.07, 6.45) is 0. The summed E-state index contributed by atoms with van der Waals surface area (Å²) in [4.78, 5) is 0. The van der Waals surface area contributed by atoms with Crippen LogP contribution >= 0.6 is 0 Å². The molecule has 0 spiro atoms. The van der Waals surface area contributed by atoms with Crippen molar-refractivity contribution in [1.82, 2.24) is 0 Å². The molecule has 0 aliphatic heterocycles. The summed E-state index contributed by atoms with van der Waals surface area (Å²) in [7, 11) is -3.07. The van der Waals surface area contributed by atoms with Gasteiger partial charge in [-0.1, -0.05) is 18.8 Å². The number of nitrogens with two attached hydrogens (primary N) is 1. The second-order valence-electron chi connectivity index (χ2n) is 3.73. The van der Waals surface area contributed by atoms with Crippen LogP contribution in [0.15, 0.2) is 18.2 Å². The fourth-order valence-electron chi connectivity index (χ4n) is 1.26. The zero-order valence-electron chi connectivity index (χ0n) is 10.6. The Hall–Kier alpha value is -1.58. The highest BCUT2D eigenvalue weighted by Crippen LogP contribution is 2.16. The molecule has 0 aliphatic carbocycles. The number of ether oxygens (including phenoxy) is 1. The molecule has 19 heavy (non-hydrogen) atoms. The van der Waals surface area contributed by atoms with E-state index in [4.69, 9.17) is 10.5 Å². The second-order valence-corrected chi connectivity index (χ2v) is 6.21. The van der Waals surface area contributed by atoms with Gasteiger partial charge in [-0.25, -0.2) is 12.8 Å². The van der Waals surface area contributed by atoms with Gasteiger partial charge in [0.25, 0.3) is 0 Å². The summed E-state index contributed by atoms with van der Waals surface area (Å²) in [6, 6.07) is 4.20. The summed E-state index contributed by atoms with van der Waals surface area (Å²) < 4.78 is 41.2. The quantitative estimate of drug-likeness (QED) is 0.818. The topological polar surface area (TPSA) is 69.4 Å². The van der Waals surface area contributed by atoms with E-state index in [2.05, 4.69) is 11.8 Å². The van der Waals surface area contributed by atoms with Gasteiger partial charge in [0.2, 0.25) is 0 Å². The van der Waals surface area contributed by atoms with Crippen molar-refractivity contribution >= 4 is 9.84 Å². The zero-order chi connectivity index (χ0) is 14.3. The van der Waals surface area contributed by atoms with E-state index in [0.29, 0.717) is 0 Å². The molecular formula is C13H16FNO3S. The first-order valence-corrected chi connectivity index (χ1v) is 7.62. The molecule has 0 bridgehead atoms. The number of halogens is 1. The third kappa shape index (κ3) is 5.28. The molecule has 0 radical (unpaired) electrons. The third-order valence-electron chi connectivity index (χ3n) is 2.37. The molecule has 0 fully saturated rings. The largest absolute Gasteiger partial charge is 0.492 e. The first-order valence-electron chi connectivity index (χ1n) is 5.80. The Kier molecular flexibility index (Phi) is 5.80. The summed E-state index contributed by atoms with van der Waals surface area (Å²) >= 11 is 0. The van der Waals surface area contributed by atoms with Crippen molar-refractivity contribution in [2.24, 2.45) is 5.73 Å². The molecule has 0 amide bonds. The van der Waals surface area contributed by atoms with Crippen LogP contribution in [0.1, 0.15) is 12.5 Å². The average molecular weight is 285 g/mol. The predicted octanol–water partition coefficient (Wildman–Crippen LogP) is 0.949. The second kappa shape index (κ2) is 7.12. The van der Waals surface area contributed by atoms with Gasteiger partial charge in [0, 0.05) is 11.8 Å². The molecule has 6 heteroatoms. The lowest BCUT2D eigenvalue weighted by molar-refractivity contribution is 0.339. The molecule has 0 heterocycles. The maximum atomic E-state index is 13.6. The highest BCUT2D eigenvalue weighted by molar-refractivity contribution is 7.91. The van der Waals surface area contributed by atoms with Gasteiger partial charge in [-0.2, -0.15) is 0 Å². The number of hydrogen-bond acceptors (Lipinski definition) is 4. The maximum Gasteiger partial charge on any atom is 0.153 e. The molecule has 1 rings (SSSR count). The smallest absolute Gasteiger partial charge is 0.153 e. The van der Waals surface area contributed by atoms with Gasteiger partial charge in [0.15, 0.2) is 9.84 Å². The van der Waals surface area contributed by atoms with Crippen LogP contribution in [0.2, 0.25) is 0 Å². The van der Waals surface area contributed by atoms with Crippen LogP contribution in [0.3, 0.4) is 0 Å². The van der Waals surface area contributed by atoms with Gasteiger partial charge < -0.3 is 10.5 Å². The standard InChI is InChI=1S/C13H16FNO3S/c1-2-19(16,17)9-8-18-12-6-5-11(4-3-7-15)13(14)10-12/h5-6,10H,2,7-9,15H2,1H3. The van der Waals surface area contributed by atoms with Crippen LogP contribution in [-0.4, -0.2) is 33.1 Å². The Morgan fingerprint density at radius 2 is 2.16 bits per heavy atom. The van der Waals surface area contributed by atoms with Crippen LogP contribution < -0.4 is 10.5 Å². The van der Waals surface area contributed by atoms with Crippen molar-refractivity contribution in [3.8, 4) is 17.6 Å². The Morgan fingerprint density at radius 1 is 1.42 bits per heavy atom. The third-order valence-corrected chi connectivity index (χ3v) is 4.04. The fourth-order valence-corrected chi connectivity index (χ4v) is 1.89. The molecule has 104 valence electrons. The summed E-state index contributed by atoms with van der Waals surface area (Å²) in [5.74, 6) is 4.89. The Labute approximate surface area is 112 Å². The van der Waals surface area contributed by atoms with Gasteiger partial charge in [-0.3, -0.25) is 0 Å². The lowest BCUT2D eigenvalue weighted by Crippen LogP contribution is -2.15. The molecule has 2 N–H and O–H groups in total. The Morgan fingerprint density at radius 3 is 2.74 bits per heavy atom. The van der Waals surface area contributed by atoms with Crippen molar-refractivity contribution in [3.05, 3.63) is 29.6 Å². The van der Waals surface area contributed by atoms with Gasteiger partial charge >= 0.3 is 0 Å². The Bertz CT molecular complexity index is 588. The van der Waals surface area contributed by atoms with Crippen molar-refractivity contribution in [2.45, 2.75) is 6.92 Å². The van der Waals surface area contributed by atoms with E-state index in [-0.39, 0.29) is 36.0 Å². The van der Waals surface area contributed by atoms with E-state index in [1.165, 1.54) is 12.1 Å². The van der Waals surface area contributed by atoms with E-state index in [9.17, 15) is 12.8 Å². The number of hydrogen-bond donors (Lipinski definition) is 1. The number of sulfone groups is 1. The van der Waals surface area contributed by atoms with Gasteiger partial charge in [-0.05, 0) is 12.1 Å². The molecule has 0 atom stereocenters. The minimum atomic E-state index is -3.07. The van der Waals surface area contributed by atoms with E-state index < -0.39 is 15.7 Å². The molecule has 0 aliphatic rings. The van der Waals surface area contributed by atoms with Gasteiger partial charge in [-0.15, -0.1) is 0 Å². The summed E-state index contributed by atoms with van der Waals surface area (Å²) in [5, 5.41) is 0. The normalized spacial score (nSPS) is 10.7. The predicted molar refractivity (Wildman–Crippen MR) is 72.2 cm³/mol. The summed E-state index contributed by atoms with van der Waals surface area (Å²) in [5.41, 5.74) is 5.43. The van der Waals surface area contributed by atoms with E-state index >= 15 is 0 Å². The first-order chi connectivity index (χ1) is 8.98. The minimum Gasteiger partial charge on any atom is -0.492 e. The van der Waals surface area contributed by atoms with Crippen LogP contribution in [0.5, 0.6) is 5.75 Å². The lowest BCUT2D eigenvalue weighted by Gasteiger charge is -2.06. The molecule has 0 saturated heterocycles. The average Bonchev–Trinajstić information content (AvgIpc) is 2.37. The molecule has 0 aromatic heterocycles. The van der Waals surface area contributed by atoms with Crippen LogP contribution in [0.4, 0.5) is 4.39 Å². The van der Waals surface area contributed by atoms with Crippen LogP contribution in [0, 0.1) is 17.7 Å². The SMILES string of the molecule is CCS(=O)(=O)CCOc1ccc(C#CCN)c(F)c1. The van der Waals surface area contributed by atoms with E-state index in [0.717, 1.165) is 0 Å². The zero-order valence-corrected chi connectivity index (χ0v) is 11.5. The first kappa shape index (κ1) is 15.5. The molecular weight excluding hydrogens is 269 g/mol. The molecule has 0 unspecified atom stereocenters. The van der Waals surface area contributed by atoms with Crippen molar-refractivity contribution in [1.29, 1.82) is 0 Å². The van der Waals surface area contributed by atoms with Crippen molar-refractivity contribution in [3.63, 3.8) is 0 Å².